The minimum absolute atomic E-state index is 0.0929. The molecule has 1 amide bonds. The van der Waals surface area contributed by atoms with Crippen LogP contribution in [0.3, 0.4) is 0 Å². The van der Waals surface area contributed by atoms with Crippen molar-refractivity contribution in [3.63, 3.8) is 0 Å². The van der Waals surface area contributed by atoms with Crippen molar-refractivity contribution in [2.75, 3.05) is 25.4 Å². The summed E-state index contributed by atoms with van der Waals surface area (Å²) in [5.41, 5.74) is 1.20. The van der Waals surface area contributed by atoms with E-state index in [-0.39, 0.29) is 30.4 Å². The maximum atomic E-state index is 12.5. The lowest BCUT2D eigenvalue weighted by Gasteiger charge is -2.34. The molecule has 1 aliphatic rings. The number of rotatable bonds is 7. The number of ether oxygens (including phenoxy) is 1. The highest BCUT2D eigenvalue weighted by Gasteiger charge is 2.30. The Morgan fingerprint density at radius 3 is 2.60 bits per heavy atom. The predicted octanol–water partition coefficient (Wildman–Crippen LogP) is 2.18. The SMILES string of the molecule is CCCc1cc(C(=O)NCCS(=O)(=O)N2C[C@@H](C)O[C@@H](C)C2)sc1C. The van der Waals surface area contributed by atoms with Crippen LogP contribution in [-0.4, -0.2) is 56.2 Å². The van der Waals surface area contributed by atoms with Crippen LogP contribution in [-0.2, 0) is 21.2 Å². The van der Waals surface area contributed by atoms with E-state index in [9.17, 15) is 13.2 Å². The maximum absolute atomic E-state index is 12.5. The quantitative estimate of drug-likeness (QED) is 0.777. The highest BCUT2D eigenvalue weighted by molar-refractivity contribution is 7.89. The monoisotopic (exact) mass is 388 g/mol. The van der Waals surface area contributed by atoms with Gasteiger partial charge in [0.05, 0.1) is 22.8 Å². The topological polar surface area (TPSA) is 75.7 Å². The van der Waals surface area contributed by atoms with Gasteiger partial charge in [-0.25, -0.2) is 8.42 Å². The van der Waals surface area contributed by atoms with Gasteiger partial charge in [0.25, 0.3) is 5.91 Å². The third-order valence-corrected chi connectivity index (χ3v) is 7.09. The molecular formula is C17H28N2O4S2. The van der Waals surface area contributed by atoms with Crippen LogP contribution in [0.4, 0.5) is 0 Å². The number of amides is 1. The van der Waals surface area contributed by atoms with Crippen LogP contribution < -0.4 is 5.32 Å². The van der Waals surface area contributed by atoms with Crippen molar-refractivity contribution < 1.29 is 17.9 Å². The van der Waals surface area contributed by atoms with E-state index in [1.165, 1.54) is 21.2 Å². The molecule has 1 saturated heterocycles. The molecule has 6 nitrogen and oxygen atoms in total. The molecule has 1 aromatic heterocycles. The molecule has 0 aliphatic carbocycles. The van der Waals surface area contributed by atoms with E-state index in [1.807, 2.05) is 26.8 Å². The lowest BCUT2D eigenvalue weighted by molar-refractivity contribution is -0.0440. The van der Waals surface area contributed by atoms with E-state index in [0.717, 1.165) is 17.7 Å². The zero-order valence-corrected chi connectivity index (χ0v) is 17.0. The molecule has 2 rings (SSSR count). The number of morpholine rings is 1. The minimum Gasteiger partial charge on any atom is -0.373 e. The fourth-order valence-corrected chi connectivity index (χ4v) is 5.50. The van der Waals surface area contributed by atoms with Crippen molar-refractivity contribution in [3.05, 3.63) is 21.4 Å². The minimum atomic E-state index is -3.40. The summed E-state index contributed by atoms with van der Waals surface area (Å²) in [7, 11) is -3.40. The summed E-state index contributed by atoms with van der Waals surface area (Å²) in [6.45, 7) is 8.70. The summed E-state index contributed by atoms with van der Waals surface area (Å²) < 4.78 is 32.0. The number of hydrogen-bond acceptors (Lipinski definition) is 5. The summed E-state index contributed by atoms with van der Waals surface area (Å²) in [5.74, 6) is -0.293. The first-order valence-electron chi connectivity index (χ1n) is 8.73. The van der Waals surface area contributed by atoms with Gasteiger partial charge in [-0.15, -0.1) is 11.3 Å². The summed E-state index contributed by atoms with van der Waals surface area (Å²) >= 11 is 1.46. The number of sulfonamides is 1. The Kier molecular flexibility index (Phi) is 7.01. The Labute approximate surface area is 154 Å². The van der Waals surface area contributed by atoms with Crippen LogP contribution in [0, 0.1) is 6.92 Å². The summed E-state index contributed by atoms with van der Waals surface area (Å²) in [4.78, 5) is 14.0. The zero-order chi connectivity index (χ0) is 18.6. The van der Waals surface area contributed by atoms with Crippen molar-refractivity contribution in [1.29, 1.82) is 0 Å². The average Bonchev–Trinajstić information content (AvgIpc) is 2.88. The standard InChI is InChI=1S/C17H28N2O4S2/c1-5-6-15-9-16(24-14(15)4)17(20)18-7-8-25(21,22)19-10-12(2)23-13(3)11-19/h9,12-13H,5-8,10-11H2,1-4H3,(H,18,20)/t12-,13+. The molecule has 8 heteroatoms. The Morgan fingerprint density at radius 1 is 1.36 bits per heavy atom. The molecule has 0 aromatic carbocycles. The Hall–Kier alpha value is -0.960. The van der Waals surface area contributed by atoms with E-state index >= 15 is 0 Å². The van der Waals surface area contributed by atoms with Crippen LogP contribution in [0.25, 0.3) is 0 Å². The summed E-state index contributed by atoms with van der Waals surface area (Å²) in [6.07, 6.45) is 1.77. The summed E-state index contributed by atoms with van der Waals surface area (Å²) in [5, 5.41) is 2.73. The second kappa shape index (κ2) is 8.62. The zero-order valence-electron chi connectivity index (χ0n) is 15.4. The molecule has 25 heavy (non-hydrogen) atoms. The van der Waals surface area contributed by atoms with Gasteiger partial charge in [-0.1, -0.05) is 13.3 Å². The third-order valence-electron chi connectivity index (χ3n) is 4.19. The Balaban J connectivity index is 1.88. The summed E-state index contributed by atoms with van der Waals surface area (Å²) in [6, 6.07) is 1.92. The fourth-order valence-electron chi connectivity index (χ4n) is 3.02. The van der Waals surface area contributed by atoms with Gasteiger partial charge in [0, 0.05) is 24.5 Å². The molecule has 142 valence electrons. The molecule has 1 N–H and O–H groups in total. The molecule has 0 spiro atoms. The van der Waals surface area contributed by atoms with Crippen LogP contribution in [0.15, 0.2) is 6.07 Å². The van der Waals surface area contributed by atoms with E-state index in [0.29, 0.717) is 18.0 Å². The molecule has 1 fully saturated rings. The van der Waals surface area contributed by atoms with Gasteiger partial charge < -0.3 is 10.1 Å². The number of aryl methyl sites for hydroxylation is 2. The molecule has 2 heterocycles. The van der Waals surface area contributed by atoms with E-state index in [2.05, 4.69) is 12.2 Å². The van der Waals surface area contributed by atoms with E-state index in [1.54, 1.807) is 0 Å². The Morgan fingerprint density at radius 2 is 2.00 bits per heavy atom. The van der Waals surface area contributed by atoms with Gasteiger partial charge in [0.15, 0.2) is 0 Å². The number of thiophene rings is 1. The van der Waals surface area contributed by atoms with Crippen LogP contribution >= 0.6 is 11.3 Å². The first-order chi connectivity index (χ1) is 11.7. The van der Waals surface area contributed by atoms with Crippen LogP contribution in [0.1, 0.15) is 47.3 Å². The molecule has 0 bridgehead atoms. The first kappa shape index (κ1) is 20.4. The molecule has 0 unspecified atom stereocenters. The first-order valence-corrected chi connectivity index (χ1v) is 11.2. The normalized spacial score (nSPS) is 22.1. The molecule has 1 aliphatic heterocycles. The molecule has 0 radical (unpaired) electrons. The second-order valence-corrected chi connectivity index (χ2v) is 9.93. The lowest BCUT2D eigenvalue weighted by atomic mass is 10.1. The van der Waals surface area contributed by atoms with Crippen molar-refractivity contribution in [2.45, 2.75) is 52.7 Å². The fraction of sp³-hybridized carbons (Fsp3) is 0.706. The maximum Gasteiger partial charge on any atom is 0.261 e. The molecular weight excluding hydrogens is 360 g/mol. The van der Waals surface area contributed by atoms with Crippen molar-refractivity contribution >= 4 is 27.3 Å². The van der Waals surface area contributed by atoms with E-state index in [4.69, 9.17) is 4.74 Å². The van der Waals surface area contributed by atoms with Gasteiger partial charge in [-0.05, 0) is 38.8 Å². The van der Waals surface area contributed by atoms with Crippen molar-refractivity contribution in [2.24, 2.45) is 0 Å². The number of nitrogens with zero attached hydrogens (tertiary/aromatic N) is 1. The highest BCUT2D eigenvalue weighted by Crippen LogP contribution is 2.22. The van der Waals surface area contributed by atoms with Crippen LogP contribution in [0.2, 0.25) is 0 Å². The average molecular weight is 389 g/mol. The highest BCUT2D eigenvalue weighted by atomic mass is 32.2. The van der Waals surface area contributed by atoms with Crippen molar-refractivity contribution in [3.8, 4) is 0 Å². The largest absolute Gasteiger partial charge is 0.373 e. The van der Waals surface area contributed by atoms with Gasteiger partial charge >= 0.3 is 0 Å². The smallest absolute Gasteiger partial charge is 0.261 e. The molecule has 0 saturated carbocycles. The third kappa shape index (κ3) is 5.51. The number of carbonyl (C=O) groups excluding carboxylic acids is 1. The van der Waals surface area contributed by atoms with Gasteiger partial charge in [-0.3, -0.25) is 4.79 Å². The second-order valence-electron chi connectivity index (χ2n) is 6.59. The lowest BCUT2D eigenvalue weighted by Crippen LogP contribution is -2.49. The van der Waals surface area contributed by atoms with E-state index < -0.39 is 10.0 Å². The van der Waals surface area contributed by atoms with Gasteiger partial charge in [-0.2, -0.15) is 4.31 Å². The predicted molar refractivity (Wildman–Crippen MR) is 101 cm³/mol. The number of hydrogen-bond donors (Lipinski definition) is 1. The number of carbonyl (C=O) groups is 1. The van der Waals surface area contributed by atoms with Gasteiger partial charge in [0.2, 0.25) is 10.0 Å². The molecule has 1 aromatic rings. The molecule has 2 atom stereocenters. The van der Waals surface area contributed by atoms with Crippen LogP contribution in [0.5, 0.6) is 0 Å². The van der Waals surface area contributed by atoms with Crippen molar-refractivity contribution in [1.82, 2.24) is 9.62 Å². The Bertz CT molecular complexity index is 690. The van der Waals surface area contributed by atoms with Gasteiger partial charge in [0.1, 0.15) is 0 Å². The number of nitrogens with one attached hydrogen (secondary N) is 1.